The topological polar surface area (TPSA) is 46.4 Å². The van der Waals surface area contributed by atoms with Crippen LogP contribution in [0.5, 0.6) is 5.75 Å². The number of fused-ring (bicyclic) bond motifs is 1. The van der Waals surface area contributed by atoms with E-state index >= 15 is 0 Å². The number of ether oxygens (including phenoxy) is 1. The summed E-state index contributed by atoms with van der Waals surface area (Å²) in [4.78, 5) is 14.4. The largest absolute Gasteiger partial charge is 0.497 e. The van der Waals surface area contributed by atoms with Crippen LogP contribution in [0.15, 0.2) is 85.3 Å². The maximum atomic E-state index is 6.51. The van der Waals surface area contributed by atoms with Crippen molar-refractivity contribution in [1.29, 1.82) is 0 Å². The maximum Gasteiger partial charge on any atom is 0.150 e. The molecule has 0 aliphatic carbocycles. The van der Waals surface area contributed by atoms with Crippen LogP contribution < -0.4 is 14.5 Å². The molecule has 2 aromatic heterocycles. The van der Waals surface area contributed by atoms with Gasteiger partial charge < -0.3 is 19.1 Å². The highest BCUT2D eigenvalue weighted by molar-refractivity contribution is 6.31. The number of piperazine rings is 1. The minimum atomic E-state index is 0.740. The first-order valence-electron chi connectivity index (χ1n) is 12.4. The van der Waals surface area contributed by atoms with Gasteiger partial charge in [-0.3, -0.25) is 0 Å². The van der Waals surface area contributed by atoms with Gasteiger partial charge >= 0.3 is 0 Å². The fourth-order valence-corrected chi connectivity index (χ4v) is 5.19. The first-order chi connectivity index (χ1) is 18.1. The van der Waals surface area contributed by atoms with Crippen LogP contribution in [0.25, 0.3) is 27.8 Å². The average Bonchev–Trinajstić information content (AvgIpc) is 3.35. The van der Waals surface area contributed by atoms with E-state index in [1.165, 1.54) is 5.69 Å². The van der Waals surface area contributed by atoms with Crippen LogP contribution in [-0.2, 0) is 0 Å². The Balaban J connectivity index is 1.40. The number of rotatable bonds is 5. The summed E-state index contributed by atoms with van der Waals surface area (Å²) in [5.41, 5.74) is 6.37. The van der Waals surface area contributed by atoms with Gasteiger partial charge in [-0.05, 0) is 54.4 Å². The third-order valence-electron chi connectivity index (χ3n) is 7.10. The van der Waals surface area contributed by atoms with Gasteiger partial charge in [0, 0.05) is 54.3 Å². The molecule has 0 N–H and O–H groups in total. The number of aryl methyl sites for hydroxylation is 1. The molecule has 37 heavy (non-hydrogen) atoms. The fourth-order valence-electron chi connectivity index (χ4n) is 5.02. The van der Waals surface area contributed by atoms with Crippen molar-refractivity contribution in [3.63, 3.8) is 0 Å². The van der Waals surface area contributed by atoms with Crippen LogP contribution in [0, 0.1) is 6.92 Å². The van der Waals surface area contributed by atoms with E-state index in [1.54, 1.807) is 13.4 Å². The molecular weight excluding hydrogens is 482 g/mol. The predicted octanol–water partition coefficient (Wildman–Crippen LogP) is 6.38. The molecule has 6 rings (SSSR count). The standard InChI is InChI=1S/C30H28ClN5O/c1-21-8-9-24(18-27(21)31)36-19-26(22-6-4-3-5-7-22)28-29(32-20-33-30(28)36)35-16-14-34(15-17-35)23-10-12-25(37-2)13-11-23/h3-13,18-20H,14-17H2,1-2H3. The van der Waals surface area contributed by atoms with Gasteiger partial charge in [0.25, 0.3) is 0 Å². The molecule has 1 fully saturated rings. The monoisotopic (exact) mass is 509 g/mol. The maximum absolute atomic E-state index is 6.51. The Bertz CT molecular complexity index is 1540. The Labute approximate surface area is 221 Å². The Morgan fingerprint density at radius 2 is 1.51 bits per heavy atom. The first kappa shape index (κ1) is 23.4. The number of methoxy groups -OCH3 is 1. The van der Waals surface area contributed by atoms with E-state index in [0.717, 1.165) is 76.2 Å². The van der Waals surface area contributed by atoms with Crippen molar-refractivity contribution in [3.8, 4) is 22.6 Å². The summed E-state index contributed by atoms with van der Waals surface area (Å²) in [5.74, 6) is 1.84. The quantitative estimate of drug-likeness (QED) is 0.275. The zero-order valence-electron chi connectivity index (χ0n) is 20.9. The smallest absolute Gasteiger partial charge is 0.150 e. The summed E-state index contributed by atoms with van der Waals surface area (Å²) in [6.07, 6.45) is 3.83. The van der Waals surface area contributed by atoms with Crippen molar-refractivity contribution in [1.82, 2.24) is 14.5 Å². The van der Waals surface area contributed by atoms with Crippen LogP contribution in [0.4, 0.5) is 11.5 Å². The molecule has 0 bridgehead atoms. The molecule has 3 aromatic carbocycles. The molecule has 186 valence electrons. The summed E-state index contributed by atoms with van der Waals surface area (Å²) in [6, 6.07) is 24.9. The zero-order chi connectivity index (χ0) is 25.4. The Morgan fingerprint density at radius 3 is 2.22 bits per heavy atom. The van der Waals surface area contributed by atoms with Gasteiger partial charge in [-0.2, -0.15) is 0 Å². The van der Waals surface area contributed by atoms with Crippen molar-refractivity contribution in [2.45, 2.75) is 6.92 Å². The van der Waals surface area contributed by atoms with Crippen molar-refractivity contribution >= 4 is 34.1 Å². The van der Waals surface area contributed by atoms with Gasteiger partial charge in [-0.25, -0.2) is 9.97 Å². The first-order valence-corrected chi connectivity index (χ1v) is 12.8. The van der Waals surface area contributed by atoms with Crippen molar-refractivity contribution in [3.05, 3.63) is 95.9 Å². The lowest BCUT2D eigenvalue weighted by molar-refractivity contribution is 0.415. The highest BCUT2D eigenvalue weighted by Crippen LogP contribution is 2.37. The minimum Gasteiger partial charge on any atom is -0.497 e. The molecule has 0 radical (unpaired) electrons. The van der Waals surface area contributed by atoms with Gasteiger partial charge in [0.1, 0.15) is 17.9 Å². The van der Waals surface area contributed by atoms with Gasteiger partial charge in [0.2, 0.25) is 0 Å². The van der Waals surface area contributed by atoms with E-state index in [9.17, 15) is 0 Å². The van der Waals surface area contributed by atoms with Gasteiger partial charge in [-0.15, -0.1) is 0 Å². The zero-order valence-corrected chi connectivity index (χ0v) is 21.7. The molecule has 1 saturated heterocycles. The number of benzene rings is 3. The van der Waals surface area contributed by atoms with E-state index < -0.39 is 0 Å². The number of hydrogen-bond acceptors (Lipinski definition) is 5. The van der Waals surface area contributed by atoms with E-state index in [-0.39, 0.29) is 0 Å². The number of aromatic nitrogens is 3. The number of anilines is 2. The molecule has 0 atom stereocenters. The lowest BCUT2D eigenvalue weighted by Crippen LogP contribution is -2.46. The average molecular weight is 510 g/mol. The van der Waals surface area contributed by atoms with E-state index in [0.29, 0.717) is 0 Å². The second-order valence-electron chi connectivity index (χ2n) is 9.28. The van der Waals surface area contributed by atoms with Gasteiger partial charge in [0.05, 0.1) is 12.5 Å². The number of nitrogens with zero attached hydrogens (tertiary/aromatic N) is 5. The summed E-state index contributed by atoms with van der Waals surface area (Å²) in [5, 5.41) is 1.80. The summed E-state index contributed by atoms with van der Waals surface area (Å²) >= 11 is 6.51. The molecule has 1 aliphatic heterocycles. The molecule has 1 aliphatic rings. The molecular formula is C30H28ClN5O. The third-order valence-corrected chi connectivity index (χ3v) is 7.51. The summed E-state index contributed by atoms with van der Waals surface area (Å²) in [7, 11) is 1.70. The molecule has 6 nitrogen and oxygen atoms in total. The van der Waals surface area contributed by atoms with Crippen molar-refractivity contribution < 1.29 is 4.74 Å². The molecule has 0 spiro atoms. The van der Waals surface area contributed by atoms with E-state index in [1.807, 2.05) is 37.3 Å². The minimum absolute atomic E-state index is 0.740. The van der Waals surface area contributed by atoms with Crippen LogP contribution in [0.1, 0.15) is 5.56 Å². The Hall–Kier alpha value is -4.03. The second-order valence-corrected chi connectivity index (χ2v) is 9.69. The van der Waals surface area contributed by atoms with Crippen LogP contribution >= 0.6 is 11.6 Å². The number of hydrogen-bond donors (Lipinski definition) is 0. The molecule has 5 aromatic rings. The fraction of sp³-hybridized carbons (Fsp3) is 0.200. The molecule has 3 heterocycles. The van der Waals surface area contributed by atoms with Gasteiger partial charge in [0.15, 0.2) is 5.65 Å². The molecule has 0 amide bonds. The van der Waals surface area contributed by atoms with Crippen LogP contribution in [0.2, 0.25) is 5.02 Å². The normalized spacial score (nSPS) is 13.8. The predicted molar refractivity (Wildman–Crippen MR) is 151 cm³/mol. The second kappa shape index (κ2) is 9.79. The third kappa shape index (κ3) is 4.38. The highest BCUT2D eigenvalue weighted by Gasteiger charge is 2.24. The summed E-state index contributed by atoms with van der Waals surface area (Å²) in [6.45, 7) is 5.57. The molecule has 7 heteroatoms. The molecule has 0 unspecified atom stereocenters. The lowest BCUT2D eigenvalue weighted by atomic mass is 10.1. The van der Waals surface area contributed by atoms with E-state index in [4.69, 9.17) is 26.3 Å². The van der Waals surface area contributed by atoms with Crippen LogP contribution in [-0.4, -0.2) is 47.8 Å². The van der Waals surface area contributed by atoms with Gasteiger partial charge in [-0.1, -0.05) is 48.0 Å². The van der Waals surface area contributed by atoms with Crippen LogP contribution in [0.3, 0.4) is 0 Å². The number of halogens is 1. The SMILES string of the molecule is COc1ccc(N2CCN(c3ncnc4c3c(-c3ccccc3)cn4-c3ccc(C)c(Cl)c3)CC2)cc1. The highest BCUT2D eigenvalue weighted by atomic mass is 35.5. The lowest BCUT2D eigenvalue weighted by Gasteiger charge is -2.37. The van der Waals surface area contributed by atoms with Crippen molar-refractivity contribution in [2.24, 2.45) is 0 Å². The van der Waals surface area contributed by atoms with E-state index in [2.05, 4.69) is 63.0 Å². The van der Waals surface area contributed by atoms with Crippen molar-refractivity contribution in [2.75, 3.05) is 43.1 Å². The Morgan fingerprint density at radius 1 is 0.811 bits per heavy atom. The Kier molecular flexibility index (Phi) is 6.18. The molecule has 0 saturated carbocycles. The summed E-state index contributed by atoms with van der Waals surface area (Å²) < 4.78 is 7.44.